The van der Waals surface area contributed by atoms with Crippen molar-refractivity contribution in [1.82, 2.24) is 5.32 Å². The summed E-state index contributed by atoms with van der Waals surface area (Å²) in [4.78, 5) is 1.36. The smallest absolute Gasteiger partial charge is 0.119 e. The van der Waals surface area contributed by atoms with Crippen LogP contribution in [0.2, 0.25) is 0 Å². The highest BCUT2D eigenvalue weighted by molar-refractivity contribution is 7.10. The molecule has 21 heavy (non-hydrogen) atoms. The number of nitrogens with one attached hydrogen (secondary N) is 1. The van der Waals surface area contributed by atoms with E-state index in [4.69, 9.17) is 4.74 Å². The maximum atomic E-state index is 5.65. The van der Waals surface area contributed by atoms with Crippen molar-refractivity contribution in [2.45, 2.75) is 6.54 Å². The highest BCUT2D eigenvalue weighted by atomic mass is 32.1. The number of benzene rings is 1. The van der Waals surface area contributed by atoms with Gasteiger partial charge < -0.3 is 10.1 Å². The molecule has 3 rings (SSSR count). The molecule has 2 heterocycles. The largest absolute Gasteiger partial charge is 0.492 e. The van der Waals surface area contributed by atoms with Gasteiger partial charge in [-0.15, -0.1) is 11.3 Å². The fourth-order valence-electron chi connectivity index (χ4n) is 2.02. The van der Waals surface area contributed by atoms with Crippen LogP contribution in [0.3, 0.4) is 0 Å². The summed E-state index contributed by atoms with van der Waals surface area (Å²) in [6.07, 6.45) is 0. The molecule has 2 nitrogen and oxygen atoms in total. The van der Waals surface area contributed by atoms with Crippen molar-refractivity contribution in [1.29, 1.82) is 0 Å². The van der Waals surface area contributed by atoms with Crippen LogP contribution in [0.4, 0.5) is 0 Å². The standard InChI is InChI=1S/C17H17NOS2/c1-2-4-16(5-3-1)19-8-7-18-11-17-10-15(13-21-17)14-6-9-20-12-14/h1-6,9-10,12-13,18H,7-8,11H2. The summed E-state index contributed by atoms with van der Waals surface area (Å²) in [6, 6.07) is 14.3. The molecule has 0 bridgehead atoms. The SMILES string of the molecule is c1ccc(OCCNCc2cc(-c3ccsc3)cs2)cc1. The first kappa shape index (κ1) is 14.3. The first-order chi connectivity index (χ1) is 10.4. The summed E-state index contributed by atoms with van der Waals surface area (Å²) >= 11 is 3.54. The van der Waals surface area contributed by atoms with Gasteiger partial charge in [0.05, 0.1) is 0 Å². The summed E-state index contributed by atoms with van der Waals surface area (Å²) < 4.78 is 5.65. The van der Waals surface area contributed by atoms with Crippen molar-refractivity contribution < 1.29 is 4.74 Å². The summed E-state index contributed by atoms with van der Waals surface area (Å²) in [7, 11) is 0. The van der Waals surface area contributed by atoms with Crippen LogP contribution in [0.5, 0.6) is 5.75 Å². The van der Waals surface area contributed by atoms with Gasteiger partial charge in [0.1, 0.15) is 12.4 Å². The Bertz CT molecular complexity index is 647. The highest BCUT2D eigenvalue weighted by Crippen LogP contribution is 2.27. The Labute approximate surface area is 133 Å². The molecular weight excluding hydrogens is 298 g/mol. The van der Waals surface area contributed by atoms with Crippen molar-refractivity contribution in [2.75, 3.05) is 13.2 Å². The van der Waals surface area contributed by atoms with Crippen LogP contribution in [0.25, 0.3) is 11.1 Å². The van der Waals surface area contributed by atoms with E-state index in [0.29, 0.717) is 6.61 Å². The molecule has 0 radical (unpaired) electrons. The Kier molecular flexibility index (Phi) is 5.05. The van der Waals surface area contributed by atoms with Gasteiger partial charge in [-0.1, -0.05) is 18.2 Å². The molecule has 2 aromatic heterocycles. The topological polar surface area (TPSA) is 21.3 Å². The zero-order valence-electron chi connectivity index (χ0n) is 11.6. The molecule has 0 aliphatic heterocycles. The van der Waals surface area contributed by atoms with Crippen molar-refractivity contribution in [3.05, 3.63) is 63.5 Å². The molecule has 0 atom stereocenters. The Morgan fingerprint density at radius 1 is 1.00 bits per heavy atom. The average Bonchev–Trinajstić information content (AvgIpc) is 3.19. The number of ether oxygens (including phenoxy) is 1. The van der Waals surface area contributed by atoms with Crippen molar-refractivity contribution in [3.63, 3.8) is 0 Å². The molecule has 1 aromatic carbocycles. The van der Waals surface area contributed by atoms with Gasteiger partial charge in [0.25, 0.3) is 0 Å². The quantitative estimate of drug-likeness (QED) is 0.641. The Morgan fingerprint density at radius 2 is 1.90 bits per heavy atom. The molecule has 0 aliphatic rings. The second kappa shape index (κ2) is 7.41. The molecule has 0 saturated heterocycles. The predicted octanol–water partition coefficient (Wildman–Crippen LogP) is 4.65. The first-order valence-electron chi connectivity index (χ1n) is 6.90. The molecule has 0 unspecified atom stereocenters. The molecule has 4 heteroatoms. The van der Waals surface area contributed by atoms with Gasteiger partial charge in [0, 0.05) is 18.0 Å². The van der Waals surface area contributed by atoms with E-state index in [-0.39, 0.29) is 0 Å². The minimum Gasteiger partial charge on any atom is -0.492 e. The first-order valence-corrected chi connectivity index (χ1v) is 8.72. The summed E-state index contributed by atoms with van der Waals surface area (Å²) in [5, 5.41) is 9.94. The third kappa shape index (κ3) is 4.17. The molecule has 108 valence electrons. The van der Waals surface area contributed by atoms with Crippen LogP contribution in [0, 0.1) is 0 Å². The Balaban J connectivity index is 1.40. The summed E-state index contributed by atoms with van der Waals surface area (Å²) in [6.45, 7) is 2.43. The minimum absolute atomic E-state index is 0.687. The zero-order chi connectivity index (χ0) is 14.3. The average molecular weight is 315 g/mol. The second-order valence-electron chi connectivity index (χ2n) is 4.65. The Morgan fingerprint density at radius 3 is 2.71 bits per heavy atom. The van der Waals surface area contributed by atoms with Gasteiger partial charge in [0.2, 0.25) is 0 Å². The van der Waals surface area contributed by atoms with Crippen molar-refractivity contribution in [3.8, 4) is 16.9 Å². The van der Waals surface area contributed by atoms with E-state index in [2.05, 4.69) is 33.6 Å². The number of hydrogen-bond donors (Lipinski definition) is 1. The van der Waals surface area contributed by atoms with Crippen LogP contribution < -0.4 is 10.1 Å². The number of hydrogen-bond acceptors (Lipinski definition) is 4. The Hall–Kier alpha value is -1.62. The van der Waals surface area contributed by atoms with E-state index in [1.165, 1.54) is 16.0 Å². The van der Waals surface area contributed by atoms with Gasteiger partial charge in [-0.05, 0) is 51.5 Å². The molecular formula is C17H17NOS2. The lowest BCUT2D eigenvalue weighted by molar-refractivity contribution is 0.314. The maximum absolute atomic E-state index is 5.65. The lowest BCUT2D eigenvalue weighted by atomic mass is 10.2. The van der Waals surface area contributed by atoms with Crippen LogP contribution in [-0.4, -0.2) is 13.2 Å². The second-order valence-corrected chi connectivity index (χ2v) is 6.43. The number of thiophene rings is 2. The number of rotatable bonds is 7. The van der Waals surface area contributed by atoms with E-state index >= 15 is 0 Å². The van der Waals surface area contributed by atoms with E-state index in [1.807, 2.05) is 30.3 Å². The van der Waals surface area contributed by atoms with Crippen LogP contribution in [0.15, 0.2) is 58.6 Å². The van der Waals surface area contributed by atoms with E-state index in [1.54, 1.807) is 22.7 Å². The number of para-hydroxylation sites is 1. The van der Waals surface area contributed by atoms with Crippen LogP contribution in [0.1, 0.15) is 4.88 Å². The van der Waals surface area contributed by atoms with Gasteiger partial charge in [-0.25, -0.2) is 0 Å². The molecule has 0 aliphatic carbocycles. The van der Waals surface area contributed by atoms with Crippen LogP contribution in [-0.2, 0) is 6.54 Å². The van der Waals surface area contributed by atoms with Crippen molar-refractivity contribution in [2.24, 2.45) is 0 Å². The fourth-order valence-corrected chi connectivity index (χ4v) is 3.55. The predicted molar refractivity (Wildman–Crippen MR) is 91.3 cm³/mol. The molecule has 0 saturated carbocycles. The van der Waals surface area contributed by atoms with E-state index in [9.17, 15) is 0 Å². The molecule has 3 aromatic rings. The van der Waals surface area contributed by atoms with Gasteiger partial charge in [-0.3, -0.25) is 0 Å². The lowest BCUT2D eigenvalue weighted by Crippen LogP contribution is -2.20. The van der Waals surface area contributed by atoms with Gasteiger partial charge in [0.15, 0.2) is 0 Å². The molecule has 0 spiro atoms. The van der Waals surface area contributed by atoms with Crippen LogP contribution >= 0.6 is 22.7 Å². The zero-order valence-corrected chi connectivity index (χ0v) is 13.3. The third-order valence-corrected chi connectivity index (χ3v) is 4.72. The third-order valence-electron chi connectivity index (χ3n) is 3.10. The molecule has 0 amide bonds. The summed E-state index contributed by atoms with van der Waals surface area (Å²) in [5.74, 6) is 0.926. The monoisotopic (exact) mass is 315 g/mol. The highest BCUT2D eigenvalue weighted by Gasteiger charge is 2.02. The normalized spacial score (nSPS) is 10.7. The maximum Gasteiger partial charge on any atom is 0.119 e. The fraction of sp³-hybridized carbons (Fsp3) is 0.176. The lowest BCUT2D eigenvalue weighted by Gasteiger charge is -2.06. The van der Waals surface area contributed by atoms with Gasteiger partial charge in [-0.2, -0.15) is 11.3 Å². The van der Waals surface area contributed by atoms with Gasteiger partial charge >= 0.3 is 0 Å². The molecule has 0 fully saturated rings. The van der Waals surface area contributed by atoms with E-state index < -0.39 is 0 Å². The molecule has 1 N–H and O–H groups in total. The van der Waals surface area contributed by atoms with Crippen molar-refractivity contribution >= 4 is 22.7 Å². The summed E-state index contributed by atoms with van der Waals surface area (Å²) in [5.41, 5.74) is 2.63. The van der Waals surface area contributed by atoms with E-state index in [0.717, 1.165) is 18.8 Å². The minimum atomic E-state index is 0.687.